The Morgan fingerprint density at radius 1 is 1.16 bits per heavy atom. The number of pyridine rings is 1. The first kappa shape index (κ1) is 21.7. The third-order valence-corrected chi connectivity index (χ3v) is 6.47. The molecule has 0 atom stereocenters. The molecular formula is C20H21ClFN5O3S. The lowest BCUT2D eigenvalue weighted by Crippen LogP contribution is -2.37. The van der Waals surface area contributed by atoms with Crippen molar-refractivity contribution in [3.8, 4) is 11.3 Å². The molecule has 1 N–H and O–H groups in total. The highest BCUT2D eigenvalue weighted by Crippen LogP contribution is 2.31. The molecule has 0 saturated carbocycles. The van der Waals surface area contributed by atoms with Crippen LogP contribution in [0.25, 0.3) is 22.3 Å². The Morgan fingerprint density at radius 2 is 1.94 bits per heavy atom. The van der Waals surface area contributed by atoms with Crippen molar-refractivity contribution < 1.29 is 17.5 Å². The first-order valence-corrected chi connectivity index (χ1v) is 11.9. The summed E-state index contributed by atoms with van der Waals surface area (Å²) in [6.07, 6.45) is 0.426. The third-order valence-electron chi connectivity index (χ3n) is 4.82. The van der Waals surface area contributed by atoms with E-state index in [0.29, 0.717) is 55.3 Å². The summed E-state index contributed by atoms with van der Waals surface area (Å²) in [5, 5.41) is 0.0991. The van der Waals surface area contributed by atoms with Gasteiger partial charge in [0.2, 0.25) is 15.3 Å². The maximum atomic E-state index is 15.2. The molecule has 164 valence electrons. The molecule has 3 aromatic rings. The quantitative estimate of drug-likeness (QED) is 0.556. The number of anilines is 2. The molecule has 1 fully saturated rings. The maximum Gasteiger partial charge on any atom is 0.232 e. The summed E-state index contributed by atoms with van der Waals surface area (Å²) < 4.78 is 47.1. The average molecular weight is 466 g/mol. The Bertz CT molecular complexity index is 1220. The van der Waals surface area contributed by atoms with Gasteiger partial charge in [-0.2, -0.15) is 4.98 Å². The Hall–Kier alpha value is -2.56. The van der Waals surface area contributed by atoms with E-state index < -0.39 is 15.8 Å². The van der Waals surface area contributed by atoms with Crippen LogP contribution in [0, 0.1) is 5.82 Å². The number of sulfonamides is 1. The van der Waals surface area contributed by atoms with Crippen LogP contribution < -0.4 is 9.62 Å². The number of morpholine rings is 1. The van der Waals surface area contributed by atoms with Crippen molar-refractivity contribution in [2.75, 3.05) is 41.7 Å². The number of nitrogens with one attached hydrogen (secondary N) is 1. The van der Waals surface area contributed by atoms with Crippen molar-refractivity contribution in [1.82, 2.24) is 15.0 Å². The van der Waals surface area contributed by atoms with Crippen LogP contribution in [0.2, 0.25) is 5.28 Å². The van der Waals surface area contributed by atoms with Gasteiger partial charge >= 0.3 is 0 Å². The number of hydrogen-bond acceptors (Lipinski definition) is 7. The zero-order valence-corrected chi connectivity index (χ0v) is 18.4. The SMILES string of the molecule is CCCS(=O)(=O)Nc1cccc(-c2ccc3nc(Cl)nc(N4CCOCC4)c3n2)c1F. The number of fused-ring (bicyclic) bond motifs is 1. The van der Waals surface area contributed by atoms with Gasteiger partial charge in [-0.1, -0.05) is 13.0 Å². The van der Waals surface area contributed by atoms with E-state index >= 15 is 4.39 Å². The Balaban J connectivity index is 1.78. The number of benzene rings is 1. The molecule has 0 aliphatic carbocycles. The second-order valence-corrected chi connectivity index (χ2v) is 9.25. The molecule has 1 saturated heterocycles. The molecule has 0 spiro atoms. The lowest BCUT2D eigenvalue weighted by atomic mass is 10.1. The van der Waals surface area contributed by atoms with E-state index in [9.17, 15) is 8.42 Å². The smallest absolute Gasteiger partial charge is 0.232 e. The molecule has 4 rings (SSSR count). The van der Waals surface area contributed by atoms with Crippen LogP contribution >= 0.6 is 11.6 Å². The first-order valence-electron chi connectivity index (χ1n) is 9.84. The monoisotopic (exact) mass is 465 g/mol. The van der Waals surface area contributed by atoms with Crippen LogP contribution in [0.5, 0.6) is 0 Å². The average Bonchev–Trinajstić information content (AvgIpc) is 2.75. The summed E-state index contributed by atoms with van der Waals surface area (Å²) in [6.45, 7) is 4.09. The minimum atomic E-state index is -3.63. The highest BCUT2D eigenvalue weighted by atomic mass is 35.5. The summed E-state index contributed by atoms with van der Waals surface area (Å²) in [5.74, 6) is -0.233. The van der Waals surface area contributed by atoms with Gasteiger partial charge in [0.15, 0.2) is 11.6 Å². The highest BCUT2D eigenvalue weighted by Gasteiger charge is 2.20. The Morgan fingerprint density at radius 3 is 2.68 bits per heavy atom. The number of ether oxygens (including phenoxy) is 1. The van der Waals surface area contributed by atoms with Crippen LogP contribution in [-0.2, 0) is 14.8 Å². The summed E-state index contributed by atoms with van der Waals surface area (Å²) >= 11 is 6.10. The van der Waals surface area contributed by atoms with E-state index in [-0.39, 0.29) is 22.3 Å². The normalized spacial score (nSPS) is 14.7. The minimum Gasteiger partial charge on any atom is -0.378 e. The highest BCUT2D eigenvalue weighted by molar-refractivity contribution is 7.92. The first-order chi connectivity index (χ1) is 14.9. The molecule has 0 amide bonds. The van der Waals surface area contributed by atoms with Crippen LogP contribution in [0.4, 0.5) is 15.9 Å². The molecule has 2 aromatic heterocycles. The van der Waals surface area contributed by atoms with Crippen LogP contribution in [0.1, 0.15) is 13.3 Å². The van der Waals surface area contributed by atoms with Gasteiger partial charge in [-0.15, -0.1) is 0 Å². The zero-order chi connectivity index (χ0) is 22.0. The lowest BCUT2D eigenvalue weighted by molar-refractivity contribution is 0.122. The van der Waals surface area contributed by atoms with E-state index in [1.807, 2.05) is 4.90 Å². The molecule has 1 aliphatic heterocycles. The summed E-state index contributed by atoms with van der Waals surface area (Å²) in [5.41, 5.74) is 1.41. The molecule has 1 aromatic carbocycles. The molecule has 0 radical (unpaired) electrons. The van der Waals surface area contributed by atoms with Gasteiger partial charge in [-0.25, -0.2) is 22.8 Å². The predicted octanol–water partition coefficient (Wildman–Crippen LogP) is 3.47. The van der Waals surface area contributed by atoms with Crippen molar-refractivity contribution >= 4 is 44.2 Å². The summed E-state index contributed by atoms with van der Waals surface area (Å²) in [4.78, 5) is 15.2. The summed E-state index contributed by atoms with van der Waals surface area (Å²) in [6, 6.07) is 7.83. The number of aromatic nitrogens is 3. The van der Waals surface area contributed by atoms with Crippen molar-refractivity contribution in [1.29, 1.82) is 0 Å². The van der Waals surface area contributed by atoms with E-state index in [0.717, 1.165) is 0 Å². The van der Waals surface area contributed by atoms with Crippen LogP contribution in [0.15, 0.2) is 30.3 Å². The van der Waals surface area contributed by atoms with Gasteiger partial charge < -0.3 is 9.64 Å². The van der Waals surface area contributed by atoms with Crippen LogP contribution in [0.3, 0.4) is 0 Å². The van der Waals surface area contributed by atoms with Gasteiger partial charge in [-0.3, -0.25) is 4.72 Å². The molecule has 0 unspecified atom stereocenters. The minimum absolute atomic E-state index is 0.0914. The van der Waals surface area contributed by atoms with E-state index in [1.54, 1.807) is 31.2 Å². The molecule has 0 bridgehead atoms. The largest absolute Gasteiger partial charge is 0.378 e. The fourth-order valence-corrected chi connectivity index (χ4v) is 4.72. The number of halogens is 2. The number of rotatable bonds is 6. The van der Waals surface area contributed by atoms with E-state index in [1.165, 1.54) is 6.07 Å². The predicted molar refractivity (Wildman–Crippen MR) is 118 cm³/mol. The van der Waals surface area contributed by atoms with Crippen molar-refractivity contribution in [2.45, 2.75) is 13.3 Å². The molecule has 3 heterocycles. The maximum absolute atomic E-state index is 15.2. The fraction of sp³-hybridized carbons (Fsp3) is 0.350. The second kappa shape index (κ2) is 8.89. The third kappa shape index (κ3) is 4.70. The van der Waals surface area contributed by atoms with E-state index in [2.05, 4.69) is 19.7 Å². The Kier molecular flexibility index (Phi) is 6.22. The van der Waals surface area contributed by atoms with E-state index in [4.69, 9.17) is 16.3 Å². The molecule has 8 nitrogen and oxygen atoms in total. The lowest BCUT2D eigenvalue weighted by Gasteiger charge is -2.28. The van der Waals surface area contributed by atoms with Crippen molar-refractivity contribution in [3.05, 3.63) is 41.4 Å². The topological polar surface area (TPSA) is 97.3 Å². The molecular weight excluding hydrogens is 445 g/mol. The van der Waals surface area contributed by atoms with Gasteiger partial charge in [0.25, 0.3) is 0 Å². The molecule has 1 aliphatic rings. The standard InChI is InChI=1S/C20H21ClFN5O3S/c1-2-12-31(28,29)26-15-5-3-4-13(17(15)22)14-6-7-16-18(23-14)19(25-20(21)24-16)27-8-10-30-11-9-27/h3-7,26H,2,8-12H2,1H3. The van der Waals surface area contributed by atoms with Gasteiger partial charge in [0, 0.05) is 18.7 Å². The number of nitrogens with zero attached hydrogens (tertiary/aromatic N) is 4. The Labute approximate surface area is 184 Å². The fourth-order valence-electron chi connectivity index (χ4n) is 3.41. The van der Waals surface area contributed by atoms with Gasteiger partial charge in [-0.05, 0) is 42.3 Å². The van der Waals surface area contributed by atoms with Gasteiger partial charge in [0.1, 0.15) is 5.52 Å². The summed E-state index contributed by atoms with van der Waals surface area (Å²) in [7, 11) is -3.63. The van der Waals surface area contributed by atoms with Crippen molar-refractivity contribution in [3.63, 3.8) is 0 Å². The second-order valence-electron chi connectivity index (χ2n) is 7.07. The number of hydrogen-bond donors (Lipinski definition) is 1. The van der Waals surface area contributed by atoms with Crippen LogP contribution in [-0.4, -0.2) is 55.4 Å². The molecule has 31 heavy (non-hydrogen) atoms. The van der Waals surface area contributed by atoms with Crippen molar-refractivity contribution in [2.24, 2.45) is 0 Å². The van der Waals surface area contributed by atoms with Gasteiger partial charge in [0.05, 0.1) is 35.9 Å². The molecule has 11 heteroatoms. The zero-order valence-electron chi connectivity index (χ0n) is 16.8.